The van der Waals surface area contributed by atoms with Gasteiger partial charge in [-0.25, -0.2) is 9.18 Å². The summed E-state index contributed by atoms with van der Waals surface area (Å²) in [5.41, 5.74) is -6.55. The number of amides is 7. The molecule has 3 saturated carbocycles. The summed E-state index contributed by atoms with van der Waals surface area (Å²) in [5.74, 6) is -19.2. The molecule has 4 aliphatic carbocycles. The number of fused-ring (bicyclic) bond motifs is 5. The lowest BCUT2D eigenvalue weighted by Crippen LogP contribution is -2.69. The van der Waals surface area contributed by atoms with Crippen molar-refractivity contribution in [2.75, 3.05) is 69.3 Å². The molecule has 5 aliphatic rings. The molecule has 30 heteroatoms. The van der Waals surface area contributed by atoms with Gasteiger partial charge in [0, 0.05) is 115 Å². The third kappa shape index (κ3) is 24.3. The summed E-state index contributed by atoms with van der Waals surface area (Å²) in [5, 5.41) is 24.3. The molecule has 7 amide bonds. The second-order valence-electron chi connectivity index (χ2n) is 39.2. The number of allylic oxidation sites excluding steroid dienone is 6. The van der Waals surface area contributed by atoms with Crippen molar-refractivity contribution in [3.63, 3.8) is 0 Å². The molecule has 2 N–H and O–H groups in total. The average molecular weight is 1750 g/mol. The molecule has 1 aliphatic heterocycles. The van der Waals surface area contributed by atoms with Gasteiger partial charge in [-0.15, -0.1) is 0 Å². The van der Waals surface area contributed by atoms with E-state index in [1.54, 1.807) is 95.2 Å². The minimum Gasteiger partial charge on any atom is -0.458 e. The molecule has 29 nitrogen and oxygen atoms in total. The minimum atomic E-state index is -2.23. The quantitative estimate of drug-likeness (QED) is 0.0392. The number of esters is 2. The maximum Gasteiger partial charge on any atom is 0.511 e. The SMILES string of the molecule is C/C=C/C[C@@H](C)[C@@H](OC(=O)OCOC(=O)CCC(=O)OCC(=O)[C@@]1(O)[C@H](C)CC2C3CCC4=CC(=O)C=C[C@]4(C)[C@@]3(F)[C@@H](O)C[C@@]21C)[C@@H]1C(=O)C[C@H](CC)C(=O)N(C)CC(=O)N(C)[C@@H](CC(C)C)C(=O)C[C@H](C(C)C)C(=O)N(C)[C@H](CC(C)C)C(=O)C[C@H](C)C(=O)C[C@@H](C)C(=O)N(C)[C@H](CC(C)C)C(=O)N(C)[C@H](CC(C)C)C(=O)N(C)[C@H](C(C)C)C(=O)N1C. The van der Waals surface area contributed by atoms with Crippen LogP contribution in [-0.2, 0) is 90.9 Å². The third-order valence-electron chi connectivity index (χ3n) is 27.5. The van der Waals surface area contributed by atoms with Crippen LogP contribution in [0.2, 0.25) is 0 Å². The molecule has 0 bridgehead atoms. The second kappa shape index (κ2) is 44.8. The third-order valence-corrected chi connectivity index (χ3v) is 27.5. The van der Waals surface area contributed by atoms with Gasteiger partial charge in [-0.05, 0) is 143 Å². The summed E-state index contributed by atoms with van der Waals surface area (Å²) in [6.07, 6.45) is 0.921. The zero-order valence-electron chi connectivity index (χ0n) is 79.1. The zero-order valence-corrected chi connectivity index (χ0v) is 79.1. The first-order valence-electron chi connectivity index (χ1n) is 44.8. The highest BCUT2D eigenvalue weighted by Gasteiger charge is 2.76. The van der Waals surface area contributed by atoms with Gasteiger partial charge in [0.1, 0.15) is 41.7 Å². The number of carbonyl (C=O) groups excluding carboxylic acids is 16. The fraction of sp³-hybridized carbons (Fsp3) is 0.766. The van der Waals surface area contributed by atoms with Gasteiger partial charge in [-0.3, -0.25) is 71.9 Å². The molecule has 0 spiro atoms. The van der Waals surface area contributed by atoms with E-state index < -0.39 is 257 Å². The average Bonchev–Trinajstić information content (AvgIpc) is 1.69. The van der Waals surface area contributed by atoms with Crippen molar-refractivity contribution in [3.05, 3.63) is 36.0 Å². The Kier molecular flexibility index (Phi) is 38.4. The molecule has 0 aromatic carbocycles. The van der Waals surface area contributed by atoms with Gasteiger partial charge in [-0.2, -0.15) is 0 Å². The van der Waals surface area contributed by atoms with E-state index in [1.807, 2.05) is 55.4 Å². The Bertz CT molecular complexity index is 3980. The van der Waals surface area contributed by atoms with Gasteiger partial charge in [0.25, 0.3) is 0 Å². The number of aliphatic hydroxyl groups is 2. The highest BCUT2D eigenvalue weighted by atomic mass is 19.1. The Labute approximate surface area is 735 Å². The van der Waals surface area contributed by atoms with Crippen LogP contribution in [0.3, 0.4) is 0 Å². The summed E-state index contributed by atoms with van der Waals surface area (Å²) >= 11 is 0. The maximum atomic E-state index is 17.8. The number of ether oxygens (including phenoxy) is 4. The number of rotatable bonds is 24. The summed E-state index contributed by atoms with van der Waals surface area (Å²) < 4.78 is 39.8. The lowest BCUT2D eigenvalue weighted by atomic mass is 9.44. The zero-order chi connectivity index (χ0) is 94.4. The number of hydrogen-bond acceptors (Lipinski definition) is 22. The molecule has 1 saturated heterocycles. The molecule has 1 heterocycles. The fourth-order valence-corrected chi connectivity index (χ4v) is 19.9. The van der Waals surface area contributed by atoms with Crippen LogP contribution in [0.1, 0.15) is 241 Å². The van der Waals surface area contributed by atoms with Gasteiger partial charge in [0.2, 0.25) is 53.9 Å². The number of likely N-dealkylation sites (N-methyl/N-ethyl adjacent to an activating group) is 7. The van der Waals surface area contributed by atoms with Crippen LogP contribution in [0.5, 0.6) is 0 Å². The monoisotopic (exact) mass is 1750 g/mol. The van der Waals surface area contributed by atoms with Crippen molar-refractivity contribution in [3.8, 4) is 0 Å². The Morgan fingerprint density at radius 3 is 1.60 bits per heavy atom. The largest absolute Gasteiger partial charge is 0.511 e. The first-order chi connectivity index (χ1) is 57.5. The molecule has 0 radical (unpaired) electrons. The molecule has 5 rings (SSSR count). The molecular weight excluding hydrogens is 1600 g/mol. The lowest BCUT2D eigenvalue weighted by molar-refractivity contribution is -0.220. The normalized spacial score (nSPS) is 31.5. The number of ketones is 6. The molecule has 20 atom stereocenters. The molecule has 698 valence electrons. The smallest absolute Gasteiger partial charge is 0.458 e. The van der Waals surface area contributed by atoms with E-state index >= 15 is 23.6 Å². The Morgan fingerprint density at radius 2 is 1.07 bits per heavy atom. The lowest BCUT2D eigenvalue weighted by Gasteiger charge is -2.62. The Morgan fingerprint density at radius 1 is 0.573 bits per heavy atom. The van der Waals surface area contributed by atoms with E-state index in [9.17, 15) is 67.7 Å². The van der Waals surface area contributed by atoms with Gasteiger partial charge in [0.05, 0.1) is 37.6 Å². The van der Waals surface area contributed by atoms with Gasteiger partial charge in [-0.1, -0.05) is 148 Å². The Balaban J connectivity index is 1.52. The molecule has 2 unspecified atom stereocenters. The Hall–Kier alpha value is -8.41. The van der Waals surface area contributed by atoms with Gasteiger partial charge >= 0.3 is 18.1 Å². The number of halogens is 1. The van der Waals surface area contributed by atoms with Crippen molar-refractivity contribution in [2.45, 2.75) is 301 Å². The standard InChI is InChI=1S/C94H148FN7O22/c1-28-30-31-58(15)83(124-90(119)123-51-122-80(112)35-34-79(111)121-50-77(109)94(120)61(18)44-67-66-33-32-63-46-64(103)36-37-91(63,19)93(66,95)76(108)48-92(67,94)20)82-75(107)45-62(29-2)85(114)96(21)49-78(110)97(22)68(38-52(3)4)74(106)47-65(56(11)12)86(115)98(23)69(39-53(5)6)73(105)42-59(16)72(104)43-60(17)84(113)99(24)70(40-54(7)8)87(116)100(25)71(41-55(9)10)88(117)101(26)81(57(13)14)89(118)102(82)27/h28,30,36-37,46,52-62,65-71,76,81-83,108,120H,29,31-35,38-45,47-51H2,1-27H3/b30-28+/t58-,59+,60-,61-,62+,65-,66?,67?,68+,69-,70-,71-,76+,81-,82+,83-,91+,92+,93+,94+/m1/s1. The number of Topliss-reactive ketones (excluding diaryl/α,β-unsaturated/α-hetero) is 5. The first-order valence-corrected chi connectivity index (χ1v) is 44.8. The van der Waals surface area contributed by atoms with Crippen molar-refractivity contribution in [2.24, 2.45) is 93.7 Å². The summed E-state index contributed by atoms with van der Waals surface area (Å²) in [4.78, 5) is 242. The van der Waals surface area contributed by atoms with Crippen molar-refractivity contribution in [1.29, 1.82) is 0 Å². The number of nitrogens with zero attached hydrogens (tertiary/aromatic N) is 7. The van der Waals surface area contributed by atoms with Crippen LogP contribution in [0.4, 0.5) is 9.18 Å². The predicted molar refractivity (Wildman–Crippen MR) is 463 cm³/mol. The summed E-state index contributed by atoms with van der Waals surface area (Å²) in [6.45, 7) is 32.1. The van der Waals surface area contributed by atoms with Crippen LogP contribution in [-0.4, -0.2) is 268 Å². The highest BCUT2D eigenvalue weighted by Crippen LogP contribution is 2.71. The van der Waals surface area contributed by atoms with Crippen molar-refractivity contribution < 1.29 is 110 Å². The van der Waals surface area contributed by atoms with E-state index in [0.717, 1.165) is 9.80 Å². The van der Waals surface area contributed by atoms with Crippen molar-refractivity contribution >= 4 is 94.1 Å². The first kappa shape index (κ1) is 106. The van der Waals surface area contributed by atoms with Crippen LogP contribution < -0.4 is 0 Å². The van der Waals surface area contributed by atoms with Crippen molar-refractivity contribution in [1.82, 2.24) is 34.3 Å². The summed E-state index contributed by atoms with van der Waals surface area (Å²) in [6, 6.07) is -7.85. The highest BCUT2D eigenvalue weighted by molar-refractivity contribution is 6.02. The van der Waals surface area contributed by atoms with Gasteiger partial charge in [0.15, 0.2) is 35.4 Å². The second-order valence-corrected chi connectivity index (χ2v) is 39.2. The summed E-state index contributed by atoms with van der Waals surface area (Å²) in [7, 11) is 9.81. The van der Waals surface area contributed by atoms with Crippen LogP contribution in [0.25, 0.3) is 0 Å². The topological polar surface area (TPSA) is 373 Å². The predicted octanol–water partition coefficient (Wildman–Crippen LogP) is 10.5. The number of hydrogen-bond donors (Lipinski definition) is 2. The van der Waals surface area contributed by atoms with E-state index in [4.69, 9.17) is 18.9 Å². The van der Waals surface area contributed by atoms with E-state index in [2.05, 4.69) is 0 Å². The van der Waals surface area contributed by atoms with E-state index in [0.29, 0.717) is 12.0 Å². The van der Waals surface area contributed by atoms with E-state index in [1.165, 1.54) is 92.1 Å². The molecular formula is C94H148FN7O22. The number of carbonyl (C=O) groups is 16. The van der Waals surface area contributed by atoms with Crippen LogP contribution in [0.15, 0.2) is 36.0 Å². The van der Waals surface area contributed by atoms with Gasteiger partial charge < -0.3 is 63.5 Å². The molecule has 0 aromatic heterocycles. The molecule has 124 heavy (non-hydrogen) atoms. The molecule has 0 aromatic rings. The maximum absolute atomic E-state index is 17.8. The number of aliphatic hydroxyl groups excluding tert-OH is 1. The number of alkyl halides is 1. The van der Waals surface area contributed by atoms with Crippen LogP contribution >= 0.6 is 0 Å². The molecule has 4 fully saturated rings. The minimum absolute atomic E-state index is 0.0294. The van der Waals surface area contributed by atoms with E-state index in [-0.39, 0.29) is 107 Å². The fourth-order valence-electron chi connectivity index (χ4n) is 19.9. The van der Waals surface area contributed by atoms with Crippen LogP contribution in [0, 0.1) is 93.7 Å².